The van der Waals surface area contributed by atoms with Gasteiger partial charge in [0.05, 0.1) is 11.9 Å². The minimum absolute atomic E-state index is 0.622. The molecule has 0 fully saturated rings. The van der Waals surface area contributed by atoms with Gasteiger partial charge in [-0.05, 0) is 29.8 Å². The molecule has 0 spiro atoms. The molecule has 0 heterocycles. The van der Waals surface area contributed by atoms with Gasteiger partial charge in [-0.25, -0.2) is 5.01 Å². The minimum Gasteiger partial charge on any atom is -0.276 e. The van der Waals surface area contributed by atoms with E-state index in [1.807, 2.05) is 30.3 Å². The Morgan fingerprint density at radius 2 is 1.67 bits per heavy atom. The number of nitrogens with zero attached hydrogens (tertiary/aromatic N) is 2. The molecule has 4 heteroatoms. The fourth-order valence-corrected chi connectivity index (χ4v) is 1.54. The van der Waals surface area contributed by atoms with Crippen LogP contribution in [0.5, 0.6) is 0 Å². The largest absolute Gasteiger partial charge is 0.276 e. The third-order valence-corrected chi connectivity index (χ3v) is 2.57. The van der Waals surface area contributed by atoms with Crippen LogP contribution in [0.25, 0.3) is 0 Å². The van der Waals surface area contributed by atoms with Crippen molar-refractivity contribution >= 4 is 29.9 Å². The van der Waals surface area contributed by atoms with Crippen molar-refractivity contribution in [3.63, 3.8) is 0 Å². The van der Waals surface area contributed by atoms with E-state index < -0.39 is 0 Å². The van der Waals surface area contributed by atoms with Crippen molar-refractivity contribution in [2.45, 2.75) is 0 Å². The standard InChI is InChI=1S/C14H11ClN2O/c15-13-6-8-14(9-7-13)17(11-18)16-10-12-4-2-1-3-5-12/h1-11H/b16-10+. The minimum atomic E-state index is 0.622. The molecule has 0 unspecified atom stereocenters. The molecule has 3 nitrogen and oxygen atoms in total. The van der Waals surface area contributed by atoms with Crippen molar-refractivity contribution < 1.29 is 4.79 Å². The lowest BCUT2D eigenvalue weighted by Crippen LogP contribution is -2.13. The fourth-order valence-electron chi connectivity index (χ4n) is 1.42. The maximum absolute atomic E-state index is 11.0. The van der Waals surface area contributed by atoms with Gasteiger partial charge < -0.3 is 0 Å². The summed E-state index contributed by atoms with van der Waals surface area (Å²) in [5.74, 6) is 0. The maximum atomic E-state index is 11.0. The van der Waals surface area contributed by atoms with Crippen LogP contribution in [-0.4, -0.2) is 12.6 Å². The second-order valence-corrected chi connectivity index (χ2v) is 4.02. The summed E-state index contributed by atoms with van der Waals surface area (Å²) < 4.78 is 0. The Kier molecular flexibility index (Phi) is 4.10. The summed E-state index contributed by atoms with van der Waals surface area (Å²) >= 11 is 5.79. The van der Waals surface area contributed by atoms with Crippen molar-refractivity contribution in [3.8, 4) is 0 Å². The number of carbonyl (C=O) groups is 1. The van der Waals surface area contributed by atoms with Gasteiger partial charge in [-0.15, -0.1) is 0 Å². The van der Waals surface area contributed by atoms with Gasteiger partial charge >= 0.3 is 0 Å². The van der Waals surface area contributed by atoms with Crippen LogP contribution < -0.4 is 5.01 Å². The summed E-state index contributed by atoms with van der Waals surface area (Å²) in [6, 6.07) is 16.5. The predicted molar refractivity (Wildman–Crippen MR) is 74.0 cm³/mol. The van der Waals surface area contributed by atoms with E-state index in [1.54, 1.807) is 30.5 Å². The molecule has 0 saturated heterocycles. The Morgan fingerprint density at radius 3 is 2.28 bits per heavy atom. The summed E-state index contributed by atoms with van der Waals surface area (Å²) in [4.78, 5) is 11.0. The smallest absolute Gasteiger partial charge is 0.234 e. The summed E-state index contributed by atoms with van der Waals surface area (Å²) in [6.45, 7) is 0. The summed E-state index contributed by atoms with van der Waals surface area (Å²) in [5.41, 5.74) is 1.60. The van der Waals surface area contributed by atoms with Crippen molar-refractivity contribution in [2.24, 2.45) is 5.10 Å². The van der Waals surface area contributed by atoms with Crippen molar-refractivity contribution in [3.05, 3.63) is 65.2 Å². The van der Waals surface area contributed by atoms with Gasteiger partial charge in [0.1, 0.15) is 0 Å². The lowest BCUT2D eigenvalue weighted by molar-refractivity contribution is -0.107. The Hall–Kier alpha value is -2.13. The zero-order chi connectivity index (χ0) is 12.8. The first-order chi connectivity index (χ1) is 8.79. The monoisotopic (exact) mass is 258 g/mol. The molecule has 90 valence electrons. The van der Waals surface area contributed by atoms with Crippen LogP contribution in [0.15, 0.2) is 59.7 Å². The number of hydrogen-bond donors (Lipinski definition) is 0. The molecule has 2 aromatic carbocycles. The van der Waals surface area contributed by atoms with Gasteiger partial charge in [-0.1, -0.05) is 41.9 Å². The van der Waals surface area contributed by atoms with Crippen molar-refractivity contribution in [2.75, 3.05) is 5.01 Å². The molecular weight excluding hydrogens is 248 g/mol. The first kappa shape index (κ1) is 12.3. The summed E-state index contributed by atoms with van der Waals surface area (Å²) in [6.07, 6.45) is 2.28. The third-order valence-electron chi connectivity index (χ3n) is 2.32. The average Bonchev–Trinajstić information content (AvgIpc) is 2.42. The molecule has 2 aromatic rings. The molecule has 2 rings (SSSR count). The first-order valence-electron chi connectivity index (χ1n) is 5.39. The van der Waals surface area contributed by atoms with Gasteiger partial charge in [-0.3, -0.25) is 4.79 Å². The summed E-state index contributed by atoms with van der Waals surface area (Å²) in [7, 11) is 0. The number of carbonyl (C=O) groups excluding carboxylic acids is 1. The Labute approximate surface area is 110 Å². The molecule has 0 radical (unpaired) electrons. The molecule has 0 atom stereocenters. The number of benzene rings is 2. The van der Waals surface area contributed by atoms with Crippen molar-refractivity contribution in [1.29, 1.82) is 0 Å². The third kappa shape index (κ3) is 3.18. The van der Waals surface area contributed by atoms with E-state index in [0.717, 1.165) is 5.56 Å². The lowest BCUT2D eigenvalue weighted by Gasteiger charge is -2.10. The number of rotatable bonds is 4. The van der Waals surface area contributed by atoms with Crippen LogP contribution in [0.4, 0.5) is 5.69 Å². The first-order valence-corrected chi connectivity index (χ1v) is 5.76. The topological polar surface area (TPSA) is 32.7 Å². The van der Waals surface area contributed by atoms with Crippen LogP contribution >= 0.6 is 11.6 Å². The van der Waals surface area contributed by atoms with Crippen LogP contribution in [0, 0.1) is 0 Å². The van der Waals surface area contributed by atoms with E-state index in [9.17, 15) is 4.79 Å². The molecule has 0 aliphatic carbocycles. The molecule has 18 heavy (non-hydrogen) atoms. The average molecular weight is 259 g/mol. The number of anilines is 1. The van der Waals surface area contributed by atoms with Gasteiger partial charge in [-0.2, -0.15) is 5.10 Å². The van der Waals surface area contributed by atoms with E-state index >= 15 is 0 Å². The van der Waals surface area contributed by atoms with Crippen molar-refractivity contribution in [1.82, 2.24) is 0 Å². The number of amides is 1. The van der Waals surface area contributed by atoms with Gasteiger partial charge in [0.25, 0.3) is 0 Å². The Morgan fingerprint density at radius 1 is 1.00 bits per heavy atom. The zero-order valence-electron chi connectivity index (χ0n) is 9.53. The van der Waals surface area contributed by atoms with E-state index in [1.165, 1.54) is 5.01 Å². The van der Waals surface area contributed by atoms with E-state index in [2.05, 4.69) is 5.10 Å². The van der Waals surface area contributed by atoms with E-state index in [4.69, 9.17) is 11.6 Å². The highest BCUT2D eigenvalue weighted by Crippen LogP contribution is 2.17. The lowest BCUT2D eigenvalue weighted by atomic mass is 10.2. The normalized spacial score (nSPS) is 10.5. The number of hydrogen-bond acceptors (Lipinski definition) is 2. The van der Waals surface area contributed by atoms with Crippen LogP contribution in [0.1, 0.15) is 5.56 Å². The van der Waals surface area contributed by atoms with Gasteiger partial charge in [0.2, 0.25) is 6.41 Å². The molecule has 1 amide bonds. The highest BCUT2D eigenvalue weighted by Gasteiger charge is 2.01. The predicted octanol–water partition coefficient (Wildman–Crippen LogP) is 3.34. The Balaban J connectivity index is 2.17. The van der Waals surface area contributed by atoms with Gasteiger partial charge in [0.15, 0.2) is 0 Å². The molecule has 0 bridgehead atoms. The molecule has 0 aliphatic heterocycles. The van der Waals surface area contributed by atoms with E-state index in [-0.39, 0.29) is 0 Å². The zero-order valence-corrected chi connectivity index (χ0v) is 10.3. The molecule has 0 saturated carbocycles. The molecule has 0 N–H and O–H groups in total. The van der Waals surface area contributed by atoms with Gasteiger partial charge in [0, 0.05) is 5.02 Å². The highest BCUT2D eigenvalue weighted by atomic mass is 35.5. The number of halogens is 1. The van der Waals surface area contributed by atoms with Crippen LogP contribution in [-0.2, 0) is 4.79 Å². The second-order valence-electron chi connectivity index (χ2n) is 3.58. The summed E-state index contributed by atoms with van der Waals surface area (Å²) in [5, 5.41) is 5.98. The highest BCUT2D eigenvalue weighted by molar-refractivity contribution is 6.30. The number of hydrazone groups is 1. The SMILES string of the molecule is O=CN(/N=C/c1ccccc1)c1ccc(Cl)cc1. The fraction of sp³-hybridized carbons (Fsp3) is 0. The van der Waals surface area contributed by atoms with Crippen LogP contribution in [0.3, 0.4) is 0 Å². The Bertz CT molecular complexity index is 537. The quantitative estimate of drug-likeness (QED) is 0.470. The molecule has 0 aliphatic rings. The van der Waals surface area contributed by atoms with E-state index in [0.29, 0.717) is 17.1 Å². The second kappa shape index (κ2) is 5.98. The molecule has 0 aromatic heterocycles. The maximum Gasteiger partial charge on any atom is 0.234 e. The van der Waals surface area contributed by atoms with Crippen LogP contribution in [0.2, 0.25) is 5.02 Å². The molecular formula is C14H11ClN2O.